The van der Waals surface area contributed by atoms with Crippen molar-refractivity contribution in [3.05, 3.63) is 68.7 Å². The van der Waals surface area contributed by atoms with Gasteiger partial charge in [-0.3, -0.25) is 0 Å². The molecule has 0 aliphatic carbocycles. The molecule has 1 N–H and O–H groups in total. The van der Waals surface area contributed by atoms with E-state index in [1.165, 1.54) is 30.3 Å². The normalized spacial score (nSPS) is 12.5. The first-order chi connectivity index (χ1) is 8.97. The zero-order chi connectivity index (χ0) is 14.0. The zero-order valence-electron chi connectivity index (χ0n) is 9.71. The van der Waals surface area contributed by atoms with Gasteiger partial charge in [-0.1, -0.05) is 39.7 Å². The molecule has 100 valence electrons. The van der Waals surface area contributed by atoms with E-state index in [2.05, 4.69) is 15.9 Å². The van der Waals surface area contributed by atoms with E-state index in [9.17, 15) is 13.9 Å². The third-order valence-corrected chi connectivity index (χ3v) is 3.59. The zero-order valence-corrected chi connectivity index (χ0v) is 12.0. The molecular weight excluding hydrogens is 338 g/mol. The van der Waals surface area contributed by atoms with E-state index in [0.29, 0.717) is 10.0 Å². The average molecular weight is 348 g/mol. The Balaban J connectivity index is 2.23. The summed E-state index contributed by atoms with van der Waals surface area (Å²) < 4.78 is 27.2. The van der Waals surface area contributed by atoms with Crippen LogP contribution in [0.3, 0.4) is 0 Å². The highest BCUT2D eigenvalue weighted by atomic mass is 79.9. The van der Waals surface area contributed by atoms with E-state index >= 15 is 0 Å². The first-order valence-electron chi connectivity index (χ1n) is 5.54. The maximum atomic E-state index is 13.7. The maximum Gasteiger partial charge on any atom is 0.130 e. The first-order valence-corrected chi connectivity index (χ1v) is 6.71. The van der Waals surface area contributed by atoms with Gasteiger partial charge in [0.1, 0.15) is 11.6 Å². The van der Waals surface area contributed by atoms with Crippen molar-refractivity contribution in [2.24, 2.45) is 0 Å². The summed E-state index contributed by atoms with van der Waals surface area (Å²) in [6.07, 6.45) is -0.909. The monoisotopic (exact) mass is 346 g/mol. The number of aliphatic hydroxyl groups excluding tert-OH is 1. The molecule has 2 aromatic carbocycles. The number of hydrogen-bond acceptors (Lipinski definition) is 1. The van der Waals surface area contributed by atoms with Gasteiger partial charge in [0.15, 0.2) is 0 Å². The average Bonchev–Trinajstić information content (AvgIpc) is 2.32. The fourth-order valence-corrected chi connectivity index (χ4v) is 2.35. The van der Waals surface area contributed by atoms with Crippen molar-refractivity contribution >= 4 is 27.5 Å². The Morgan fingerprint density at radius 1 is 1.16 bits per heavy atom. The number of rotatable bonds is 3. The summed E-state index contributed by atoms with van der Waals surface area (Å²) in [6, 6.07) is 8.34. The Bertz CT molecular complexity index is 604. The smallest absolute Gasteiger partial charge is 0.130 e. The minimum Gasteiger partial charge on any atom is -0.388 e. The van der Waals surface area contributed by atoms with Crippen molar-refractivity contribution in [3.8, 4) is 0 Å². The van der Waals surface area contributed by atoms with Gasteiger partial charge in [0.2, 0.25) is 0 Å². The summed E-state index contributed by atoms with van der Waals surface area (Å²) in [5, 5.41) is 10.3. The van der Waals surface area contributed by atoms with Crippen LogP contribution in [0, 0.1) is 11.6 Å². The van der Waals surface area contributed by atoms with E-state index in [0.717, 1.165) is 0 Å². The topological polar surface area (TPSA) is 20.2 Å². The van der Waals surface area contributed by atoms with E-state index in [1.54, 1.807) is 6.07 Å². The van der Waals surface area contributed by atoms with Gasteiger partial charge >= 0.3 is 0 Å². The Morgan fingerprint density at radius 3 is 2.53 bits per heavy atom. The number of benzene rings is 2. The van der Waals surface area contributed by atoms with Crippen molar-refractivity contribution in [1.82, 2.24) is 0 Å². The lowest BCUT2D eigenvalue weighted by molar-refractivity contribution is 0.173. The Labute approximate surface area is 123 Å². The SMILES string of the molecule is OC(Cc1ccc(F)cc1Cl)c1ccc(Br)cc1F. The van der Waals surface area contributed by atoms with Crippen LogP contribution in [0.15, 0.2) is 40.9 Å². The molecule has 1 atom stereocenters. The van der Waals surface area contributed by atoms with Crippen molar-refractivity contribution in [2.75, 3.05) is 0 Å². The second kappa shape index (κ2) is 5.99. The van der Waals surface area contributed by atoms with Crippen LogP contribution in [-0.2, 0) is 6.42 Å². The highest BCUT2D eigenvalue weighted by molar-refractivity contribution is 9.10. The molecule has 0 heterocycles. The summed E-state index contributed by atoms with van der Waals surface area (Å²) in [5.74, 6) is -0.946. The molecule has 1 nitrogen and oxygen atoms in total. The molecule has 1 unspecified atom stereocenters. The molecular formula is C14H10BrClF2O. The van der Waals surface area contributed by atoms with Crippen LogP contribution in [-0.4, -0.2) is 5.11 Å². The van der Waals surface area contributed by atoms with Gasteiger partial charge in [-0.25, -0.2) is 8.78 Å². The van der Waals surface area contributed by atoms with Gasteiger partial charge in [0.05, 0.1) is 6.10 Å². The molecule has 0 saturated heterocycles. The minimum atomic E-state index is -1.03. The van der Waals surface area contributed by atoms with Gasteiger partial charge in [0, 0.05) is 21.5 Å². The third kappa shape index (κ3) is 3.53. The van der Waals surface area contributed by atoms with E-state index < -0.39 is 17.7 Å². The fourth-order valence-electron chi connectivity index (χ4n) is 1.78. The molecule has 5 heteroatoms. The highest BCUT2D eigenvalue weighted by Crippen LogP contribution is 2.27. The van der Waals surface area contributed by atoms with E-state index in [4.69, 9.17) is 11.6 Å². The molecule has 0 aliphatic heterocycles. The van der Waals surface area contributed by atoms with Gasteiger partial charge in [-0.15, -0.1) is 0 Å². The van der Waals surface area contributed by atoms with Crippen LogP contribution in [0.5, 0.6) is 0 Å². The molecule has 0 spiro atoms. The van der Waals surface area contributed by atoms with Crippen molar-refractivity contribution in [2.45, 2.75) is 12.5 Å². The predicted molar refractivity (Wildman–Crippen MR) is 74.2 cm³/mol. The summed E-state index contributed by atoms with van der Waals surface area (Å²) in [5.41, 5.74) is 0.751. The molecule has 0 amide bonds. The van der Waals surface area contributed by atoms with Crippen LogP contribution in [0.25, 0.3) is 0 Å². The Kier molecular flexibility index (Phi) is 4.55. The molecule has 0 bridgehead atoms. The van der Waals surface area contributed by atoms with Gasteiger partial charge in [-0.2, -0.15) is 0 Å². The lowest BCUT2D eigenvalue weighted by Crippen LogP contribution is -2.05. The standard InChI is InChI=1S/C14H10BrClF2O/c15-9-2-4-11(13(18)6-9)14(19)5-8-1-3-10(17)7-12(8)16/h1-4,6-7,14,19H,5H2. The second-order valence-electron chi connectivity index (χ2n) is 4.12. The minimum absolute atomic E-state index is 0.123. The fraction of sp³-hybridized carbons (Fsp3) is 0.143. The quantitative estimate of drug-likeness (QED) is 0.856. The van der Waals surface area contributed by atoms with Crippen molar-refractivity contribution in [1.29, 1.82) is 0 Å². The molecule has 0 saturated carbocycles. The van der Waals surface area contributed by atoms with Crippen LogP contribution in [0.1, 0.15) is 17.2 Å². The molecule has 0 aliphatic rings. The third-order valence-electron chi connectivity index (χ3n) is 2.75. The summed E-state index contributed by atoms with van der Waals surface area (Å²) in [4.78, 5) is 0. The maximum absolute atomic E-state index is 13.7. The van der Waals surface area contributed by atoms with Gasteiger partial charge in [0.25, 0.3) is 0 Å². The van der Waals surface area contributed by atoms with E-state index in [1.807, 2.05) is 0 Å². The number of hydrogen-bond donors (Lipinski definition) is 1. The summed E-state index contributed by atoms with van der Waals surface area (Å²) in [6.45, 7) is 0. The second-order valence-corrected chi connectivity index (χ2v) is 5.44. The lowest BCUT2D eigenvalue weighted by Gasteiger charge is -2.13. The molecule has 19 heavy (non-hydrogen) atoms. The molecule has 0 radical (unpaired) electrons. The van der Waals surface area contributed by atoms with E-state index in [-0.39, 0.29) is 17.0 Å². The van der Waals surface area contributed by atoms with Crippen molar-refractivity contribution < 1.29 is 13.9 Å². The molecule has 0 aromatic heterocycles. The van der Waals surface area contributed by atoms with Crippen LogP contribution < -0.4 is 0 Å². The van der Waals surface area contributed by atoms with Crippen LogP contribution >= 0.6 is 27.5 Å². The van der Waals surface area contributed by atoms with Crippen molar-refractivity contribution in [3.63, 3.8) is 0 Å². The predicted octanol–water partition coefficient (Wildman–Crippen LogP) is 4.66. The number of halogens is 4. The molecule has 2 aromatic rings. The lowest BCUT2D eigenvalue weighted by atomic mass is 10.0. The first kappa shape index (κ1) is 14.4. The van der Waals surface area contributed by atoms with Gasteiger partial charge in [-0.05, 0) is 29.8 Å². The van der Waals surface area contributed by atoms with Crippen LogP contribution in [0.4, 0.5) is 8.78 Å². The summed E-state index contributed by atoms with van der Waals surface area (Å²) in [7, 11) is 0. The van der Waals surface area contributed by atoms with Crippen LogP contribution in [0.2, 0.25) is 5.02 Å². The molecule has 2 rings (SSSR count). The molecule has 0 fully saturated rings. The summed E-state index contributed by atoms with van der Waals surface area (Å²) >= 11 is 9.02. The largest absolute Gasteiger partial charge is 0.388 e. The van der Waals surface area contributed by atoms with Gasteiger partial charge < -0.3 is 5.11 Å². The Hall–Kier alpha value is -0.970. The Morgan fingerprint density at radius 2 is 1.89 bits per heavy atom. The highest BCUT2D eigenvalue weighted by Gasteiger charge is 2.15. The number of aliphatic hydroxyl groups is 1.